The zero-order chi connectivity index (χ0) is 12.9. The van der Waals surface area contributed by atoms with Crippen molar-refractivity contribution in [3.8, 4) is 0 Å². The van der Waals surface area contributed by atoms with E-state index in [9.17, 15) is 13.2 Å². The summed E-state index contributed by atoms with van der Waals surface area (Å²) in [5.41, 5.74) is 1.49. The van der Waals surface area contributed by atoms with Crippen LogP contribution in [0.25, 0.3) is 0 Å². The third-order valence-corrected chi connectivity index (χ3v) is 2.43. The van der Waals surface area contributed by atoms with Crippen LogP contribution in [0, 0.1) is 6.92 Å². The second-order valence-electron chi connectivity index (χ2n) is 3.97. The van der Waals surface area contributed by atoms with Crippen LogP contribution in [0.3, 0.4) is 0 Å². The van der Waals surface area contributed by atoms with E-state index in [1.54, 1.807) is 6.07 Å². The highest BCUT2D eigenvalue weighted by molar-refractivity contribution is 5.13. The van der Waals surface area contributed by atoms with Gasteiger partial charge in [-0.2, -0.15) is 13.2 Å². The van der Waals surface area contributed by atoms with E-state index in [4.69, 9.17) is 0 Å². The molecule has 0 fully saturated rings. The Hall–Kier alpha value is -1.10. The Morgan fingerprint density at radius 2 is 2.06 bits per heavy atom. The van der Waals surface area contributed by atoms with E-state index >= 15 is 0 Å². The summed E-state index contributed by atoms with van der Waals surface area (Å²) in [4.78, 5) is 4.26. The van der Waals surface area contributed by atoms with E-state index in [1.807, 2.05) is 26.0 Å². The molecule has 0 saturated carbocycles. The second kappa shape index (κ2) is 6.00. The zero-order valence-electron chi connectivity index (χ0n) is 10.0. The molecule has 1 aromatic rings. The van der Waals surface area contributed by atoms with Gasteiger partial charge in [0.2, 0.25) is 0 Å². The van der Waals surface area contributed by atoms with Crippen molar-refractivity contribution in [1.82, 2.24) is 10.3 Å². The average Bonchev–Trinajstić information content (AvgIpc) is 2.23. The zero-order valence-corrected chi connectivity index (χ0v) is 10.0. The van der Waals surface area contributed by atoms with Crippen LogP contribution in [0.4, 0.5) is 13.2 Å². The highest BCUT2D eigenvalue weighted by Crippen LogP contribution is 2.26. The van der Waals surface area contributed by atoms with Gasteiger partial charge in [0.1, 0.15) is 0 Å². The minimum Gasteiger partial charge on any atom is -0.309 e. The summed E-state index contributed by atoms with van der Waals surface area (Å²) in [7, 11) is 0. The van der Waals surface area contributed by atoms with Crippen molar-refractivity contribution >= 4 is 0 Å². The number of pyridine rings is 1. The molecular formula is C12H17F3N2. The average molecular weight is 246 g/mol. The van der Waals surface area contributed by atoms with Crippen molar-refractivity contribution in [3.05, 3.63) is 29.6 Å². The van der Waals surface area contributed by atoms with Crippen LogP contribution in [-0.4, -0.2) is 17.7 Å². The quantitative estimate of drug-likeness (QED) is 0.861. The highest BCUT2D eigenvalue weighted by Gasteiger charge is 2.28. The van der Waals surface area contributed by atoms with Crippen molar-refractivity contribution < 1.29 is 13.2 Å². The van der Waals surface area contributed by atoms with Gasteiger partial charge in [-0.05, 0) is 32.0 Å². The monoisotopic (exact) mass is 246 g/mol. The molecule has 1 atom stereocenters. The number of aryl methyl sites for hydroxylation is 1. The number of rotatable bonds is 5. The summed E-state index contributed by atoms with van der Waals surface area (Å²) in [5.74, 6) is 0. The fraction of sp³-hybridized carbons (Fsp3) is 0.583. The first kappa shape index (κ1) is 14.0. The Kier molecular flexibility index (Phi) is 4.93. The highest BCUT2D eigenvalue weighted by atomic mass is 19.4. The van der Waals surface area contributed by atoms with Crippen LogP contribution in [0.1, 0.15) is 37.2 Å². The number of aromatic nitrogens is 1. The molecule has 1 unspecified atom stereocenters. The standard InChI is InChI=1S/C12H17F3N2/c1-3-16-10(7-8-12(13,14)15)11-6-4-5-9(2)17-11/h4-6,10,16H,3,7-8H2,1-2H3. The number of alkyl halides is 3. The molecule has 0 spiro atoms. The minimum atomic E-state index is -4.11. The fourth-order valence-electron chi connectivity index (χ4n) is 1.67. The van der Waals surface area contributed by atoms with Gasteiger partial charge in [-0.3, -0.25) is 4.98 Å². The smallest absolute Gasteiger partial charge is 0.309 e. The van der Waals surface area contributed by atoms with Gasteiger partial charge in [-0.15, -0.1) is 0 Å². The van der Waals surface area contributed by atoms with Gasteiger partial charge in [-0.1, -0.05) is 13.0 Å². The Balaban J connectivity index is 2.71. The summed E-state index contributed by atoms with van der Waals surface area (Å²) in [6.07, 6.45) is -4.88. The van der Waals surface area contributed by atoms with Gasteiger partial charge in [-0.25, -0.2) is 0 Å². The van der Waals surface area contributed by atoms with E-state index in [1.165, 1.54) is 0 Å². The molecule has 96 valence electrons. The fourth-order valence-corrected chi connectivity index (χ4v) is 1.67. The first-order chi connectivity index (χ1) is 7.92. The first-order valence-electron chi connectivity index (χ1n) is 5.66. The molecule has 1 heterocycles. The van der Waals surface area contributed by atoms with E-state index in [-0.39, 0.29) is 12.5 Å². The van der Waals surface area contributed by atoms with Crippen LogP contribution in [0.5, 0.6) is 0 Å². The maximum atomic E-state index is 12.2. The Morgan fingerprint density at radius 1 is 1.35 bits per heavy atom. The van der Waals surface area contributed by atoms with Gasteiger partial charge in [0.25, 0.3) is 0 Å². The maximum absolute atomic E-state index is 12.2. The minimum absolute atomic E-state index is 0.0216. The molecule has 1 N–H and O–H groups in total. The molecule has 0 saturated heterocycles. The predicted molar refractivity (Wildman–Crippen MR) is 60.7 cm³/mol. The Morgan fingerprint density at radius 3 is 2.59 bits per heavy atom. The lowest BCUT2D eigenvalue weighted by atomic mass is 10.1. The van der Waals surface area contributed by atoms with Gasteiger partial charge in [0.15, 0.2) is 0 Å². The van der Waals surface area contributed by atoms with Crippen LogP contribution >= 0.6 is 0 Å². The maximum Gasteiger partial charge on any atom is 0.389 e. The van der Waals surface area contributed by atoms with Gasteiger partial charge >= 0.3 is 6.18 Å². The largest absolute Gasteiger partial charge is 0.389 e. The lowest BCUT2D eigenvalue weighted by Gasteiger charge is -2.18. The summed E-state index contributed by atoms with van der Waals surface area (Å²) in [5, 5.41) is 3.04. The van der Waals surface area contributed by atoms with E-state index in [2.05, 4.69) is 10.3 Å². The number of hydrogen-bond acceptors (Lipinski definition) is 2. The lowest BCUT2D eigenvalue weighted by molar-refractivity contribution is -0.136. The van der Waals surface area contributed by atoms with Crippen molar-refractivity contribution in [2.24, 2.45) is 0 Å². The molecule has 0 amide bonds. The van der Waals surface area contributed by atoms with E-state index in [0.29, 0.717) is 12.2 Å². The molecule has 0 radical (unpaired) electrons. The SMILES string of the molecule is CCNC(CCC(F)(F)F)c1cccc(C)n1. The molecule has 5 heteroatoms. The van der Waals surface area contributed by atoms with Gasteiger partial charge < -0.3 is 5.32 Å². The summed E-state index contributed by atoms with van der Waals surface area (Å²) in [6, 6.07) is 5.07. The molecule has 1 rings (SSSR count). The first-order valence-corrected chi connectivity index (χ1v) is 5.66. The number of hydrogen-bond donors (Lipinski definition) is 1. The topological polar surface area (TPSA) is 24.9 Å². The predicted octanol–water partition coefficient (Wildman–Crippen LogP) is 3.38. The third kappa shape index (κ3) is 5.17. The molecule has 2 nitrogen and oxygen atoms in total. The van der Waals surface area contributed by atoms with Crippen LogP contribution in [0.15, 0.2) is 18.2 Å². The van der Waals surface area contributed by atoms with Gasteiger partial charge in [0, 0.05) is 18.2 Å². The summed E-state index contributed by atoms with van der Waals surface area (Å²) >= 11 is 0. The molecule has 0 aliphatic carbocycles. The molecule has 1 aromatic heterocycles. The van der Waals surface area contributed by atoms with Crippen LogP contribution < -0.4 is 5.32 Å². The summed E-state index contributed by atoms with van der Waals surface area (Å²) < 4.78 is 36.6. The Bertz CT molecular complexity index is 350. The molecule has 0 aliphatic heterocycles. The van der Waals surface area contributed by atoms with Crippen LogP contribution in [0.2, 0.25) is 0 Å². The normalized spacial score (nSPS) is 13.7. The van der Waals surface area contributed by atoms with Crippen LogP contribution in [-0.2, 0) is 0 Å². The van der Waals surface area contributed by atoms with Crippen molar-refractivity contribution in [2.75, 3.05) is 6.54 Å². The van der Waals surface area contributed by atoms with Crippen molar-refractivity contribution in [1.29, 1.82) is 0 Å². The molecule has 0 bridgehead atoms. The molecule has 0 aromatic carbocycles. The lowest BCUT2D eigenvalue weighted by Crippen LogP contribution is -2.24. The molecule has 0 aliphatic rings. The summed E-state index contributed by atoms with van der Waals surface area (Å²) in [6.45, 7) is 4.32. The molecule has 17 heavy (non-hydrogen) atoms. The number of halogens is 3. The number of nitrogens with one attached hydrogen (secondary N) is 1. The third-order valence-electron chi connectivity index (χ3n) is 2.43. The van der Waals surface area contributed by atoms with Crippen molar-refractivity contribution in [2.45, 2.75) is 38.9 Å². The second-order valence-corrected chi connectivity index (χ2v) is 3.97. The van der Waals surface area contributed by atoms with Crippen molar-refractivity contribution in [3.63, 3.8) is 0 Å². The van der Waals surface area contributed by atoms with E-state index in [0.717, 1.165) is 5.69 Å². The number of nitrogens with zero attached hydrogens (tertiary/aromatic N) is 1. The Labute approximate surface area is 99.3 Å². The van der Waals surface area contributed by atoms with Gasteiger partial charge in [0.05, 0.1) is 5.69 Å². The van der Waals surface area contributed by atoms with E-state index < -0.39 is 12.6 Å². The molecular weight excluding hydrogens is 229 g/mol.